The molecule has 3 aromatic carbocycles. The van der Waals surface area contributed by atoms with E-state index in [1.54, 1.807) is 30.3 Å². The van der Waals surface area contributed by atoms with E-state index < -0.39 is 5.25 Å². The van der Waals surface area contributed by atoms with Crippen LogP contribution < -0.4 is 4.74 Å². The zero-order valence-electron chi connectivity index (χ0n) is 18.1. The molecule has 174 valence electrons. The molecule has 0 spiro atoms. The number of aromatic nitrogens is 3. The predicted molar refractivity (Wildman–Crippen MR) is 131 cm³/mol. The highest BCUT2D eigenvalue weighted by Crippen LogP contribution is 2.38. The second kappa shape index (κ2) is 10.8. The third kappa shape index (κ3) is 5.81. The van der Waals surface area contributed by atoms with E-state index in [2.05, 4.69) is 26.1 Å². The monoisotopic (exact) mass is 542 g/mol. The van der Waals surface area contributed by atoms with Gasteiger partial charge < -0.3 is 4.74 Å². The van der Waals surface area contributed by atoms with E-state index in [0.29, 0.717) is 26.8 Å². The van der Waals surface area contributed by atoms with Crippen molar-refractivity contribution in [2.24, 2.45) is 0 Å². The molecule has 4 rings (SSSR count). The molecule has 1 atom stereocenters. The average molecular weight is 543 g/mol. The standard InChI is InChI=1S/C24H20BrFN4O3S/c1-16-27-28-24(30(16)20-8-3-2-4-9-20)34-23(14-29(31)32)18-10-11-22(21(25)13-18)33-15-17-6-5-7-19(26)12-17/h2-13,23H,14-15H2,1H3/t23-/m0/s1. The Kier molecular flexibility index (Phi) is 7.59. The smallest absolute Gasteiger partial charge is 0.220 e. The van der Waals surface area contributed by atoms with Crippen molar-refractivity contribution in [2.45, 2.75) is 23.9 Å². The summed E-state index contributed by atoms with van der Waals surface area (Å²) in [5.74, 6) is 0.922. The number of hydrogen-bond acceptors (Lipinski definition) is 6. The molecule has 0 saturated carbocycles. The van der Waals surface area contributed by atoms with Crippen LogP contribution in [0.25, 0.3) is 5.69 Å². The first kappa shape index (κ1) is 23.9. The lowest BCUT2D eigenvalue weighted by Gasteiger charge is -2.16. The van der Waals surface area contributed by atoms with Gasteiger partial charge in [-0.15, -0.1) is 10.2 Å². The summed E-state index contributed by atoms with van der Waals surface area (Å²) in [6.45, 7) is 1.75. The Morgan fingerprint density at radius 1 is 1.12 bits per heavy atom. The molecule has 0 aliphatic rings. The first-order valence-electron chi connectivity index (χ1n) is 10.3. The van der Waals surface area contributed by atoms with E-state index >= 15 is 0 Å². The van der Waals surface area contributed by atoms with E-state index in [4.69, 9.17) is 4.74 Å². The molecule has 0 radical (unpaired) electrons. The van der Waals surface area contributed by atoms with Gasteiger partial charge in [-0.2, -0.15) is 0 Å². The van der Waals surface area contributed by atoms with Crippen LogP contribution in [0.4, 0.5) is 4.39 Å². The van der Waals surface area contributed by atoms with Gasteiger partial charge in [0.15, 0.2) is 5.16 Å². The van der Waals surface area contributed by atoms with Gasteiger partial charge >= 0.3 is 0 Å². The van der Waals surface area contributed by atoms with Gasteiger partial charge in [0.05, 0.1) is 4.47 Å². The van der Waals surface area contributed by atoms with Crippen molar-refractivity contribution < 1.29 is 14.1 Å². The van der Waals surface area contributed by atoms with Crippen LogP contribution in [0.15, 0.2) is 82.4 Å². The van der Waals surface area contributed by atoms with Crippen molar-refractivity contribution in [3.63, 3.8) is 0 Å². The van der Waals surface area contributed by atoms with Crippen molar-refractivity contribution in [3.05, 3.63) is 110 Å². The van der Waals surface area contributed by atoms with E-state index in [1.165, 1.54) is 23.9 Å². The van der Waals surface area contributed by atoms with Gasteiger partial charge in [0.2, 0.25) is 6.54 Å². The number of aryl methyl sites for hydroxylation is 1. The van der Waals surface area contributed by atoms with Gasteiger partial charge in [0.25, 0.3) is 0 Å². The Labute approximate surface area is 208 Å². The quantitative estimate of drug-likeness (QED) is 0.143. The summed E-state index contributed by atoms with van der Waals surface area (Å²) in [4.78, 5) is 11.1. The minimum Gasteiger partial charge on any atom is -0.488 e. The van der Waals surface area contributed by atoms with Gasteiger partial charge in [-0.1, -0.05) is 48.2 Å². The van der Waals surface area contributed by atoms with Crippen LogP contribution in [0.5, 0.6) is 5.75 Å². The third-order valence-corrected chi connectivity index (χ3v) is 6.78. The van der Waals surface area contributed by atoms with Crippen LogP contribution >= 0.6 is 27.7 Å². The molecule has 4 aromatic rings. The van der Waals surface area contributed by atoms with Crippen molar-refractivity contribution in [1.82, 2.24) is 14.8 Å². The van der Waals surface area contributed by atoms with Crippen LogP contribution in [0, 0.1) is 22.9 Å². The first-order chi connectivity index (χ1) is 16.4. The van der Waals surface area contributed by atoms with Crippen LogP contribution in [0.2, 0.25) is 0 Å². The number of thioether (sulfide) groups is 1. The second-order valence-electron chi connectivity index (χ2n) is 7.43. The Morgan fingerprint density at radius 2 is 1.91 bits per heavy atom. The average Bonchev–Trinajstić information content (AvgIpc) is 3.18. The van der Waals surface area contributed by atoms with Crippen molar-refractivity contribution in [3.8, 4) is 11.4 Å². The molecule has 0 aliphatic heterocycles. The number of nitro groups is 1. The lowest BCUT2D eigenvalue weighted by Crippen LogP contribution is -2.11. The van der Waals surface area contributed by atoms with Gasteiger partial charge in [-0.3, -0.25) is 14.7 Å². The minimum atomic E-state index is -0.505. The fourth-order valence-electron chi connectivity index (χ4n) is 3.39. The Balaban J connectivity index is 1.57. The molecule has 0 N–H and O–H groups in total. The van der Waals surface area contributed by atoms with Crippen LogP contribution in [0.3, 0.4) is 0 Å². The first-order valence-corrected chi connectivity index (χ1v) is 12.0. The molecule has 1 aromatic heterocycles. The maximum Gasteiger partial charge on any atom is 0.220 e. The van der Waals surface area contributed by atoms with E-state index in [1.807, 2.05) is 41.8 Å². The maximum atomic E-state index is 13.4. The molecule has 10 heteroatoms. The predicted octanol–water partition coefficient (Wildman–Crippen LogP) is 6.17. The zero-order valence-corrected chi connectivity index (χ0v) is 20.5. The Morgan fingerprint density at radius 3 is 2.62 bits per heavy atom. The number of halogens is 2. The molecule has 0 aliphatic carbocycles. The molecule has 0 bridgehead atoms. The number of para-hydroxylation sites is 1. The Hall–Kier alpha value is -3.24. The fraction of sp³-hybridized carbons (Fsp3) is 0.167. The number of rotatable bonds is 9. The zero-order chi connectivity index (χ0) is 24.1. The van der Waals surface area contributed by atoms with E-state index in [0.717, 1.165) is 11.3 Å². The van der Waals surface area contributed by atoms with Crippen LogP contribution in [-0.4, -0.2) is 26.2 Å². The molecule has 7 nitrogen and oxygen atoms in total. The van der Waals surface area contributed by atoms with Crippen LogP contribution in [0.1, 0.15) is 22.2 Å². The Bertz CT molecular complexity index is 1300. The fourth-order valence-corrected chi connectivity index (χ4v) is 5.06. The molecule has 0 amide bonds. The van der Waals surface area contributed by atoms with Gasteiger partial charge in [0.1, 0.15) is 29.2 Å². The van der Waals surface area contributed by atoms with Gasteiger partial charge in [-0.05, 0) is 70.4 Å². The number of nitrogens with zero attached hydrogens (tertiary/aromatic N) is 4. The van der Waals surface area contributed by atoms with Gasteiger partial charge in [-0.25, -0.2) is 4.39 Å². The molecule has 34 heavy (non-hydrogen) atoms. The van der Waals surface area contributed by atoms with Crippen molar-refractivity contribution in [2.75, 3.05) is 6.54 Å². The van der Waals surface area contributed by atoms with Gasteiger partial charge in [0, 0.05) is 10.6 Å². The summed E-state index contributed by atoms with van der Waals surface area (Å²) in [5, 5.41) is 20.0. The summed E-state index contributed by atoms with van der Waals surface area (Å²) in [6.07, 6.45) is 0. The van der Waals surface area contributed by atoms with Crippen molar-refractivity contribution in [1.29, 1.82) is 0 Å². The summed E-state index contributed by atoms with van der Waals surface area (Å²) < 4.78 is 21.7. The molecular weight excluding hydrogens is 523 g/mol. The number of ether oxygens (including phenoxy) is 1. The topological polar surface area (TPSA) is 83.1 Å². The third-order valence-electron chi connectivity index (χ3n) is 4.98. The SMILES string of the molecule is Cc1nnc(S[C@@H](C[N+](=O)[O-])c2ccc(OCc3cccc(F)c3)c(Br)c2)n1-c1ccccc1. The number of benzene rings is 3. The summed E-state index contributed by atoms with van der Waals surface area (Å²) >= 11 is 4.78. The summed E-state index contributed by atoms with van der Waals surface area (Å²) in [7, 11) is 0. The van der Waals surface area contributed by atoms with E-state index in [-0.39, 0.29) is 23.9 Å². The molecule has 0 fully saturated rings. The minimum absolute atomic E-state index is 0.197. The van der Waals surface area contributed by atoms with Crippen LogP contribution in [-0.2, 0) is 6.61 Å². The molecule has 0 saturated heterocycles. The highest BCUT2D eigenvalue weighted by Gasteiger charge is 2.24. The highest BCUT2D eigenvalue weighted by atomic mass is 79.9. The normalized spacial score (nSPS) is 11.9. The highest BCUT2D eigenvalue weighted by molar-refractivity contribution is 9.10. The molecular formula is C24H20BrFN4O3S. The summed E-state index contributed by atoms with van der Waals surface area (Å²) in [5.41, 5.74) is 2.33. The summed E-state index contributed by atoms with van der Waals surface area (Å²) in [6, 6.07) is 21.2. The lowest BCUT2D eigenvalue weighted by atomic mass is 10.1. The lowest BCUT2D eigenvalue weighted by molar-refractivity contribution is -0.479. The van der Waals surface area contributed by atoms with Crippen molar-refractivity contribution >= 4 is 27.7 Å². The molecule has 0 unspecified atom stereocenters. The largest absolute Gasteiger partial charge is 0.488 e. The number of hydrogen-bond donors (Lipinski definition) is 0. The van der Waals surface area contributed by atoms with E-state index in [9.17, 15) is 14.5 Å². The second-order valence-corrected chi connectivity index (χ2v) is 9.46. The maximum absolute atomic E-state index is 13.4. The molecule has 1 heterocycles.